The van der Waals surface area contributed by atoms with Crippen molar-refractivity contribution < 1.29 is 19.1 Å². The molecule has 0 saturated heterocycles. The number of ether oxygens (including phenoxy) is 2. The number of carbonyl (C=O) groups is 2. The van der Waals surface area contributed by atoms with Gasteiger partial charge in [0.2, 0.25) is 5.91 Å². The summed E-state index contributed by atoms with van der Waals surface area (Å²) in [6, 6.07) is 2.88. The monoisotopic (exact) mass is 625 g/mol. The summed E-state index contributed by atoms with van der Waals surface area (Å²) in [6.07, 6.45) is 14.5. The number of anilines is 1. The number of amides is 2. The first-order valence-corrected chi connectivity index (χ1v) is 18.5. The molecule has 2 fully saturated rings. The van der Waals surface area contributed by atoms with E-state index in [4.69, 9.17) is 14.6 Å². The molecule has 2 aliphatic rings. The number of nitrogens with one attached hydrogen (secondary N) is 2. The maximum atomic E-state index is 13.9. The lowest BCUT2D eigenvalue weighted by Gasteiger charge is -2.27. The zero-order chi connectivity index (χ0) is 31.6. The lowest BCUT2D eigenvalue weighted by Crippen LogP contribution is -2.50. The second-order valence-electron chi connectivity index (χ2n) is 12.9. The fourth-order valence-electron chi connectivity index (χ4n) is 5.95. The maximum absolute atomic E-state index is 13.9. The molecule has 0 bridgehead atoms. The van der Waals surface area contributed by atoms with Crippen molar-refractivity contribution in [3.8, 4) is 16.9 Å². The van der Waals surface area contributed by atoms with Crippen LogP contribution in [0.2, 0.25) is 0 Å². The first-order chi connectivity index (χ1) is 21.0. The number of hydrogen-bond donors (Lipinski definition) is 2. The Hall–Kier alpha value is -3.38. The van der Waals surface area contributed by atoms with Crippen LogP contribution in [0.25, 0.3) is 11.1 Å². The number of methoxy groups -OCH3 is 1. The van der Waals surface area contributed by atoms with Gasteiger partial charge >= 0.3 is 0 Å². The fraction of sp³-hybridized carbons (Fsp3) is 0.594. The first kappa shape index (κ1) is 32.0. The number of rotatable bonds is 15. The van der Waals surface area contributed by atoms with Gasteiger partial charge in [0.1, 0.15) is 18.5 Å². The van der Waals surface area contributed by atoms with Gasteiger partial charge in [-0.1, -0.05) is 0 Å². The van der Waals surface area contributed by atoms with Crippen LogP contribution in [-0.2, 0) is 22.8 Å². The number of carbonyl (C=O) groups excluding carboxylic acids is 2. The van der Waals surface area contributed by atoms with E-state index >= 15 is 0 Å². The van der Waals surface area contributed by atoms with Crippen LogP contribution < -0.4 is 15.4 Å². The van der Waals surface area contributed by atoms with Crippen LogP contribution in [-0.4, -0.2) is 80.6 Å². The van der Waals surface area contributed by atoms with E-state index in [1.165, 1.54) is 0 Å². The molecular formula is C32H47N7O4S. The molecule has 5 rings (SSSR count). The lowest BCUT2D eigenvalue weighted by molar-refractivity contribution is -0.119. The Morgan fingerprint density at radius 2 is 1.82 bits per heavy atom. The normalized spacial score (nSPS) is 16.2. The van der Waals surface area contributed by atoms with E-state index in [-0.39, 0.29) is 17.7 Å². The third-order valence-electron chi connectivity index (χ3n) is 8.57. The van der Waals surface area contributed by atoms with Crippen LogP contribution in [0.4, 0.5) is 5.82 Å². The third-order valence-corrected chi connectivity index (χ3v) is 9.96. The number of aromatic nitrogens is 5. The van der Waals surface area contributed by atoms with E-state index in [1.54, 1.807) is 30.3 Å². The van der Waals surface area contributed by atoms with Crippen LogP contribution >= 0.6 is 10.0 Å². The topological polar surface area (TPSA) is 125 Å². The Morgan fingerprint density at radius 1 is 1.11 bits per heavy atom. The molecule has 2 N–H and O–H groups in total. The van der Waals surface area contributed by atoms with Crippen molar-refractivity contribution in [2.45, 2.75) is 65.8 Å². The molecule has 0 aromatic carbocycles. The van der Waals surface area contributed by atoms with E-state index in [0.717, 1.165) is 54.0 Å². The minimum Gasteiger partial charge on any atom is -0.493 e. The van der Waals surface area contributed by atoms with Crippen LogP contribution in [0.1, 0.15) is 54.5 Å². The Balaban J connectivity index is 1.34. The van der Waals surface area contributed by atoms with E-state index < -0.39 is 16.1 Å². The third kappa shape index (κ3) is 7.46. The minimum atomic E-state index is -0.684. The molecule has 3 aromatic rings. The SMILES string of the molecule is CCn1nccc1C(=O)NC(C(=O)Nc1ncc(-c2c(C)nn(COCCS(C)(C)C)c2C)cc1OC)C(C1CC1)C1CC1. The summed E-state index contributed by atoms with van der Waals surface area (Å²) in [7, 11) is 0.944. The highest BCUT2D eigenvalue weighted by Crippen LogP contribution is 2.51. The lowest BCUT2D eigenvalue weighted by atomic mass is 9.88. The highest BCUT2D eigenvalue weighted by Gasteiger charge is 2.48. The molecule has 3 aromatic heterocycles. The van der Waals surface area contributed by atoms with E-state index in [2.05, 4.69) is 39.5 Å². The zero-order valence-electron chi connectivity index (χ0n) is 27.1. The average Bonchev–Trinajstić information content (AvgIpc) is 3.92. The van der Waals surface area contributed by atoms with Gasteiger partial charge in [-0.2, -0.15) is 10.2 Å². The highest BCUT2D eigenvalue weighted by molar-refractivity contribution is 8.32. The van der Waals surface area contributed by atoms with Crippen molar-refractivity contribution in [2.75, 3.05) is 43.6 Å². The van der Waals surface area contributed by atoms with Crippen molar-refractivity contribution in [1.29, 1.82) is 0 Å². The number of nitrogens with zero attached hydrogens (tertiary/aromatic N) is 5. The van der Waals surface area contributed by atoms with Gasteiger partial charge < -0.3 is 20.1 Å². The van der Waals surface area contributed by atoms with Crippen molar-refractivity contribution >= 4 is 27.7 Å². The van der Waals surface area contributed by atoms with Gasteiger partial charge in [0.05, 0.1) is 19.4 Å². The molecule has 44 heavy (non-hydrogen) atoms. The van der Waals surface area contributed by atoms with Crippen LogP contribution in [0.3, 0.4) is 0 Å². The summed E-state index contributed by atoms with van der Waals surface area (Å²) in [6.45, 7) is 7.57. The fourth-order valence-corrected chi connectivity index (χ4v) is 6.56. The van der Waals surface area contributed by atoms with Gasteiger partial charge in [0.15, 0.2) is 11.6 Å². The van der Waals surface area contributed by atoms with Gasteiger partial charge in [0, 0.05) is 41.5 Å². The molecular weight excluding hydrogens is 578 g/mol. The van der Waals surface area contributed by atoms with E-state index in [9.17, 15) is 9.59 Å². The minimum absolute atomic E-state index is 0.0883. The van der Waals surface area contributed by atoms with E-state index in [0.29, 0.717) is 49.0 Å². The Morgan fingerprint density at radius 3 is 2.43 bits per heavy atom. The van der Waals surface area contributed by atoms with Gasteiger partial charge in [0.25, 0.3) is 5.91 Å². The molecule has 240 valence electrons. The second kappa shape index (κ2) is 13.3. The van der Waals surface area contributed by atoms with Gasteiger partial charge in [-0.3, -0.25) is 14.3 Å². The molecule has 2 amide bonds. The Kier molecular flexibility index (Phi) is 9.69. The Bertz CT molecular complexity index is 1470. The molecule has 11 nitrogen and oxygen atoms in total. The van der Waals surface area contributed by atoms with Gasteiger partial charge in [-0.15, -0.1) is 0 Å². The standard InChI is InChI=1S/C32H47N7O4S/c1-8-38-25(13-14-34-38)31(40)35-29(28(22-9-10-22)23-11-12-23)32(41)36-30-26(42-4)17-24(18-33-30)27-20(2)37-39(21(27)3)19-43-15-16-44(5,6)7/h13-14,17-18,22-23,28-29H,8-12,15-16,19H2,1-7H3,(H,35,40)(H,33,36,41). The molecule has 1 unspecified atom stereocenters. The smallest absolute Gasteiger partial charge is 0.270 e. The zero-order valence-corrected chi connectivity index (χ0v) is 27.9. The molecule has 0 radical (unpaired) electrons. The first-order valence-electron chi connectivity index (χ1n) is 15.5. The van der Waals surface area contributed by atoms with Crippen LogP contribution in [0, 0.1) is 31.6 Å². The quantitative estimate of drug-likeness (QED) is 0.236. The predicted octanol–water partition coefficient (Wildman–Crippen LogP) is 4.63. The highest BCUT2D eigenvalue weighted by atomic mass is 32.3. The van der Waals surface area contributed by atoms with Crippen LogP contribution in [0.15, 0.2) is 24.5 Å². The summed E-state index contributed by atoms with van der Waals surface area (Å²) in [5.74, 6) is 2.20. The van der Waals surface area contributed by atoms with Crippen molar-refractivity contribution in [3.63, 3.8) is 0 Å². The largest absolute Gasteiger partial charge is 0.493 e. The molecule has 2 aliphatic carbocycles. The Labute approximate surface area is 261 Å². The summed E-state index contributed by atoms with van der Waals surface area (Å²) in [4.78, 5) is 31.9. The van der Waals surface area contributed by atoms with Crippen LogP contribution in [0.5, 0.6) is 5.75 Å². The summed E-state index contributed by atoms with van der Waals surface area (Å²) in [5, 5.41) is 15.0. The number of hydrogen-bond acceptors (Lipinski definition) is 7. The van der Waals surface area contributed by atoms with Gasteiger partial charge in [-0.05, 0) is 95.1 Å². The van der Waals surface area contributed by atoms with Gasteiger partial charge in [-0.25, -0.2) is 19.7 Å². The summed E-state index contributed by atoms with van der Waals surface area (Å²) in [5.41, 5.74) is 4.07. The molecule has 3 heterocycles. The summed E-state index contributed by atoms with van der Waals surface area (Å²) < 4.78 is 15.2. The number of aryl methyl sites for hydroxylation is 2. The molecule has 12 heteroatoms. The molecule has 0 spiro atoms. The van der Waals surface area contributed by atoms with Crippen molar-refractivity contribution in [3.05, 3.63) is 41.6 Å². The predicted molar refractivity (Wildman–Crippen MR) is 174 cm³/mol. The number of pyridine rings is 1. The summed E-state index contributed by atoms with van der Waals surface area (Å²) >= 11 is 0. The second-order valence-corrected chi connectivity index (χ2v) is 17.5. The maximum Gasteiger partial charge on any atom is 0.270 e. The van der Waals surface area contributed by atoms with Crippen molar-refractivity contribution in [2.24, 2.45) is 17.8 Å². The average molecular weight is 626 g/mol. The molecule has 2 saturated carbocycles. The molecule has 1 atom stereocenters. The molecule has 0 aliphatic heterocycles. The van der Waals surface area contributed by atoms with Crippen molar-refractivity contribution in [1.82, 2.24) is 29.9 Å². The van der Waals surface area contributed by atoms with E-state index in [1.807, 2.05) is 31.5 Å².